The number of alkyl carbamates (subject to hydrolysis) is 2. The van der Waals surface area contributed by atoms with Crippen molar-refractivity contribution in [2.75, 3.05) is 0 Å². The van der Waals surface area contributed by atoms with Gasteiger partial charge in [0.2, 0.25) is 0 Å². The third-order valence-electron chi connectivity index (χ3n) is 10.9. The van der Waals surface area contributed by atoms with Crippen molar-refractivity contribution in [3.63, 3.8) is 0 Å². The number of hydrogen-bond acceptors (Lipinski definition) is 8. The highest BCUT2D eigenvalue weighted by Gasteiger charge is 2.55. The van der Waals surface area contributed by atoms with Crippen LogP contribution in [-0.4, -0.2) is 41.6 Å². The van der Waals surface area contributed by atoms with E-state index in [0.717, 1.165) is 67.0 Å². The molecule has 0 aliphatic heterocycles. The fourth-order valence-corrected chi connectivity index (χ4v) is 8.75. The van der Waals surface area contributed by atoms with E-state index < -0.39 is 5.82 Å². The highest BCUT2D eigenvalue weighted by molar-refractivity contribution is 9.10. The van der Waals surface area contributed by atoms with Crippen molar-refractivity contribution >= 4 is 44.0 Å². The first-order valence-electron chi connectivity index (χ1n) is 18.8. The fraction of sp³-hybridized carbons (Fsp3) is 0.364. The van der Waals surface area contributed by atoms with E-state index in [0.29, 0.717) is 27.8 Å². The van der Waals surface area contributed by atoms with E-state index in [1.54, 1.807) is 18.2 Å². The molecule has 4 aromatic carbocycles. The molecule has 0 unspecified atom stereocenters. The van der Waals surface area contributed by atoms with Crippen LogP contribution in [0.1, 0.15) is 73.6 Å². The Bertz CT molecular complexity index is 2080. The van der Waals surface area contributed by atoms with E-state index in [9.17, 15) is 24.3 Å². The van der Waals surface area contributed by atoms with Gasteiger partial charge in [-0.25, -0.2) is 14.0 Å². The van der Waals surface area contributed by atoms with E-state index in [2.05, 4.69) is 48.6 Å². The normalized spacial score (nSPS) is 24.7. The van der Waals surface area contributed by atoms with Crippen LogP contribution in [0.2, 0.25) is 0 Å². The first kappa shape index (κ1) is 41.7. The summed E-state index contributed by atoms with van der Waals surface area (Å²) in [7, 11) is 0. The summed E-state index contributed by atoms with van der Waals surface area (Å²) < 4.78 is 30.6. The zero-order valence-electron chi connectivity index (χ0n) is 31.1. The van der Waals surface area contributed by atoms with Crippen LogP contribution in [0, 0.1) is 39.3 Å². The van der Waals surface area contributed by atoms with Crippen LogP contribution in [0.5, 0.6) is 5.75 Å². The fourth-order valence-electron chi connectivity index (χ4n) is 8.08. The Balaban J connectivity index is 0.000000162. The number of nitrogens with zero attached hydrogens (tertiary/aromatic N) is 2. The van der Waals surface area contributed by atoms with Gasteiger partial charge >= 0.3 is 12.2 Å². The molecule has 0 aromatic heterocycles. The molecule has 4 saturated carbocycles. The smallest absolute Gasteiger partial charge is 0.407 e. The minimum absolute atomic E-state index is 0.0724. The van der Waals surface area contributed by atoms with Crippen LogP contribution in [0.25, 0.3) is 0 Å². The molecular weight excluding hydrogens is 859 g/mol. The second-order valence-electron chi connectivity index (χ2n) is 15.3. The first-order valence-corrected chi connectivity index (χ1v) is 20.4. The Labute approximate surface area is 348 Å². The zero-order valence-corrected chi connectivity index (χ0v) is 34.3. The van der Waals surface area contributed by atoms with Crippen molar-refractivity contribution in [2.45, 2.75) is 88.9 Å². The second kappa shape index (κ2) is 19.0. The highest BCUT2D eigenvalue weighted by atomic mass is 79.9. The van der Waals surface area contributed by atoms with Gasteiger partial charge < -0.3 is 30.0 Å². The lowest BCUT2D eigenvalue weighted by molar-refractivity contribution is -0.0958. The van der Waals surface area contributed by atoms with Gasteiger partial charge in [-0.3, -0.25) is 0 Å². The predicted molar refractivity (Wildman–Crippen MR) is 217 cm³/mol. The van der Waals surface area contributed by atoms with Crippen LogP contribution in [0.4, 0.5) is 14.0 Å². The number of rotatable bonds is 8. The third kappa shape index (κ3) is 11.6. The van der Waals surface area contributed by atoms with Gasteiger partial charge in [0.15, 0.2) is 0 Å². The predicted octanol–water partition coefficient (Wildman–Crippen LogP) is 9.61. The van der Waals surface area contributed by atoms with Crippen LogP contribution in [0.3, 0.4) is 0 Å². The van der Waals surface area contributed by atoms with E-state index in [1.807, 2.05) is 72.8 Å². The molecule has 0 bridgehead atoms. The molecule has 296 valence electrons. The summed E-state index contributed by atoms with van der Waals surface area (Å²) in [6, 6.07) is 33.4. The summed E-state index contributed by atoms with van der Waals surface area (Å²) in [5.41, 5.74) is 3.18. The van der Waals surface area contributed by atoms with Gasteiger partial charge in [0, 0.05) is 21.0 Å². The molecule has 0 radical (unpaired) electrons. The van der Waals surface area contributed by atoms with Gasteiger partial charge in [0.05, 0.1) is 23.3 Å². The van der Waals surface area contributed by atoms with Gasteiger partial charge in [-0.1, -0.05) is 92.5 Å². The Kier molecular flexibility index (Phi) is 13.9. The largest absolute Gasteiger partial charge is 0.489 e. The number of ether oxygens (including phenoxy) is 3. The average molecular weight is 903 g/mol. The van der Waals surface area contributed by atoms with E-state index in [1.165, 1.54) is 12.1 Å². The molecule has 0 heterocycles. The minimum Gasteiger partial charge on any atom is -0.489 e. The van der Waals surface area contributed by atoms with Crippen molar-refractivity contribution in [3.8, 4) is 17.9 Å². The van der Waals surface area contributed by atoms with E-state index in [-0.39, 0.29) is 54.1 Å². The van der Waals surface area contributed by atoms with Crippen molar-refractivity contribution in [1.82, 2.24) is 10.6 Å². The van der Waals surface area contributed by atoms with Crippen molar-refractivity contribution in [3.05, 3.63) is 134 Å². The van der Waals surface area contributed by atoms with Crippen molar-refractivity contribution in [1.29, 1.82) is 10.5 Å². The molecule has 57 heavy (non-hydrogen) atoms. The number of hydrogen-bond donors (Lipinski definition) is 3. The first-order chi connectivity index (χ1) is 27.4. The number of halogens is 3. The Morgan fingerprint density at radius 2 is 1.14 bits per heavy atom. The topological polar surface area (TPSA) is 154 Å². The molecular formula is C44H43Br2FN4O6. The molecule has 13 heteroatoms. The summed E-state index contributed by atoms with van der Waals surface area (Å²) in [5.74, 6) is 0.145. The van der Waals surface area contributed by atoms with Crippen LogP contribution in [0.15, 0.2) is 106 Å². The summed E-state index contributed by atoms with van der Waals surface area (Å²) in [6.45, 7) is 0.595. The maximum atomic E-state index is 12.6. The zero-order chi connectivity index (χ0) is 40.4. The van der Waals surface area contributed by atoms with Crippen molar-refractivity contribution in [2.24, 2.45) is 10.8 Å². The molecule has 3 N–H and O–H groups in total. The van der Waals surface area contributed by atoms with Gasteiger partial charge in [0.25, 0.3) is 0 Å². The lowest BCUT2D eigenvalue weighted by Crippen LogP contribution is -2.58. The van der Waals surface area contributed by atoms with Gasteiger partial charge in [-0.05, 0) is 110 Å². The number of aliphatic hydroxyl groups is 1. The number of carbonyl (C=O) groups is 2. The molecule has 2 spiro atoms. The summed E-state index contributed by atoms with van der Waals surface area (Å²) in [5, 5.41) is 32.7. The Morgan fingerprint density at radius 1 is 0.684 bits per heavy atom. The third-order valence-corrected chi connectivity index (χ3v) is 11.8. The molecule has 2 amide bonds. The molecule has 0 atom stereocenters. The molecule has 4 aliphatic rings. The molecule has 10 nitrogen and oxygen atoms in total. The molecule has 0 saturated heterocycles. The van der Waals surface area contributed by atoms with Gasteiger partial charge in [0.1, 0.15) is 36.9 Å². The van der Waals surface area contributed by atoms with Gasteiger partial charge in [-0.2, -0.15) is 10.5 Å². The lowest BCUT2D eigenvalue weighted by atomic mass is 9.53. The highest BCUT2D eigenvalue weighted by Crippen LogP contribution is 2.57. The quantitative estimate of drug-likeness (QED) is 0.158. The van der Waals surface area contributed by atoms with E-state index in [4.69, 9.17) is 19.5 Å². The maximum Gasteiger partial charge on any atom is 0.407 e. The van der Waals surface area contributed by atoms with Crippen LogP contribution >= 0.6 is 31.9 Å². The number of nitrogens with one attached hydrogen (secondary N) is 2. The average Bonchev–Trinajstić information content (AvgIpc) is 3.14. The monoisotopic (exact) mass is 900 g/mol. The maximum absolute atomic E-state index is 12.6. The number of nitriles is 2. The number of carbonyl (C=O) groups excluding carboxylic acids is 2. The molecule has 8 rings (SSSR count). The number of benzene rings is 4. The van der Waals surface area contributed by atoms with Crippen LogP contribution < -0.4 is 15.4 Å². The number of amides is 2. The summed E-state index contributed by atoms with van der Waals surface area (Å²) in [6.07, 6.45) is 6.88. The summed E-state index contributed by atoms with van der Waals surface area (Å²) in [4.78, 5) is 23.6. The molecule has 4 aliphatic carbocycles. The SMILES string of the molecule is N#Cc1ccc(Br)cc1F.N#Cc1ccc(Br)cc1OC1CC2(CC(NC(=O)OCc3ccccc3)C2)C1.O=C(NC1CC2(CC(O)C2)C1)OCc1ccccc1. The number of aliphatic hydroxyl groups excluding tert-OH is 1. The Hall–Kier alpha value is -4.95. The second-order valence-corrected chi connectivity index (χ2v) is 17.2. The molecule has 4 aromatic rings. The van der Waals surface area contributed by atoms with E-state index >= 15 is 0 Å². The minimum atomic E-state index is -0.489. The molecule has 4 fully saturated rings. The Morgan fingerprint density at radius 3 is 1.60 bits per heavy atom. The lowest BCUT2D eigenvalue weighted by Gasteiger charge is -2.57. The van der Waals surface area contributed by atoms with Crippen molar-refractivity contribution < 1.29 is 33.3 Å². The summed E-state index contributed by atoms with van der Waals surface area (Å²) >= 11 is 6.50. The van der Waals surface area contributed by atoms with Crippen LogP contribution in [-0.2, 0) is 22.7 Å². The standard InChI is InChI=1S/C22H21BrN2O3.C15H19NO3.C7H3BrFN/c23-17-7-6-16(13-24)20(8-17)28-19-11-22(12-19)9-18(10-22)25-21(26)27-14-15-4-2-1-3-5-15;17-13-8-15(9-13)6-12(7-15)16-14(18)19-10-11-4-2-1-3-5-11;8-6-2-1-5(4-10)7(9)3-6/h1-8,18-19H,9-12,14H2,(H,25,26);1-5,12-13,17H,6-10H2,(H,16,18);1-3H. The van der Waals surface area contributed by atoms with Gasteiger partial charge in [-0.15, -0.1) is 0 Å².